The summed E-state index contributed by atoms with van der Waals surface area (Å²) in [5, 5.41) is 9.05. The predicted octanol–water partition coefficient (Wildman–Crippen LogP) is 2.71. The van der Waals surface area contributed by atoms with Gasteiger partial charge < -0.3 is 14.6 Å². The number of hydrogen-bond donors (Lipinski definition) is 1. The number of rotatable bonds is 6. The van der Waals surface area contributed by atoms with E-state index in [-0.39, 0.29) is 5.56 Å². The lowest BCUT2D eigenvalue weighted by atomic mass is 10.2. The molecule has 4 rings (SSSR count). The van der Waals surface area contributed by atoms with E-state index in [1.165, 1.54) is 18.3 Å². The fourth-order valence-electron chi connectivity index (χ4n) is 2.98. The highest BCUT2D eigenvalue weighted by Crippen LogP contribution is 2.30. The SMILES string of the molecule is CCOc1cc(/C=c2/sc3nc4ccccc4n3c2=O)ccc1O[C@@H](C)C(=O)O. The average Bonchev–Trinajstić information content (AvgIpc) is 3.20. The molecule has 2 aromatic carbocycles. The molecule has 0 unspecified atom stereocenters. The van der Waals surface area contributed by atoms with Gasteiger partial charge in [0.05, 0.1) is 22.2 Å². The Balaban J connectivity index is 1.77. The van der Waals surface area contributed by atoms with Crippen LogP contribution in [0.15, 0.2) is 47.3 Å². The Morgan fingerprint density at radius 3 is 2.83 bits per heavy atom. The third kappa shape index (κ3) is 3.54. The van der Waals surface area contributed by atoms with Crippen LogP contribution in [-0.2, 0) is 4.79 Å². The number of carbonyl (C=O) groups is 1. The standard InChI is InChI=1S/C21H18N2O5S/c1-3-27-17-10-13(8-9-16(17)28-12(2)20(25)26)11-18-19(24)23-15-7-5-4-6-14(15)22-21(23)29-18/h4-12H,3H2,1-2H3,(H,25,26)/b18-11+/t12-/m0/s1. The van der Waals surface area contributed by atoms with Gasteiger partial charge in [0.15, 0.2) is 22.6 Å². The zero-order chi connectivity index (χ0) is 20.5. The van der Waals surface area contributed by atoms with E-state index in [0.717, 1.165) is 16.6 Å². The van der Waals surface area contributed by atoms with E-state index < -0.39 is 12.1 Å². The molecule has 2 heterocycles. The molecule has 0 aliphatic rings. The van der Waals surface area contributed by atoms with Gasteiger partial charge in [-0.25, -0.2) is 14.2 Å². The maximum absolute atomic E-state index is 12.9. The number of carboxylic acid groups (broad SMARTS) is 1. The van der Waals surface area contributed by atoms with E-state index in [1.807, 2.05) is 31.2 Å². The number of aromatic nitrogens is 2. The fraction of sp³-hybridized carbons (Fsp3) is 0.190. The summed E-state index contributed by atoms with van der Waals surface area (Å²) in [4.78, 5) is 29.1. The summed E-state index contributed by atoms with van der Waals surface area (Å²) >= 11 is 1.32. The van der Waals surface area contributed by atoms with Gasteiger partial charge in [-0.05, 0) is 49.8 Å². The first-order valence-corrected chi connectivity index (χ1v) is 9.87. The van der Waals surface area contributed by atoms with Crippen LogP contribution in [-0.4, -0.2) is 33.2 Å². The van der Waals surface area contributed by atoms with Gasteiger partial charge in [-0.1, -0.05) is 29.5 Å². The highest BCUT2D eigenvalue weighted by atomic mass is 32.1. The number of para-hydroxylation sites is 2. The van der Waals surface area contributed by atoms with Gasteiger partial charge in [-0.3, -0.25) is 4.79 Å². The van der Waals surface area contributed by atoms with Gasteiger partial charge in [0.1, 0.15) is 0 Å². The number of imidazole rings is 1. The minimum atomic E-state index is -1.06. The molecule has 29 heavy (non-hydrogen) atoms. The minimum absolute atomic E-state index is 0.128. The number of benzene rings is 2. The highest BCUT2D eigenvalue weighted by molar-refractivity contribution is 7.15. The normalized spacial score (nSPS) is 13.1. The van der Waals surface area contributed by atoms with Crippen LogP contribution in [0.5, 0.6) is 11.5 Å². The van der Waals surface area contributed by atoms with Crippen molar-refractivity contribution in [2.75, 3.05) is 6.61 Å². The Kier molecular flexibility index (Phi) is 4.94. The van der Waals surface area contributed by atoms with Crippen molar-refractivity contribution >= 4 is 39.4 Å². The van der Waals surface area contributed by atoms with Crippen LogP contribution in [0.4, 0.5) is 0 Å². The molecule has 0 amide bonds. The summed E-state index contributed by atoms with van der Waals surface area (Å²) in [5.41, 5.74) is 2.19. The van der Waals surface area contributed by atoms with Gasteiger partial charge in [-0.15, -0.1) is 0 Å². The molecular weight excluding hydrogens is 392 g/mol. The third-order valence-electron chi connectivity index (χ3n) is 4.36. The quantitative estimate of drug-likeness (QED) is 0.526. The summed E-state index contributed by atoms with van der Waals surface area (Å²) in [7, 11) is 0. The van der Waals surface area contributed by atoms with E-state index in [1.54, 1.807) is 28.7 Å². The third-order valence-corrected chi connectivity index (χ3v) is 5.33. The summed E-state index contributed by atoms with van der Waals surface area (Å²) in [6.07, 6.45) is 0.763. The summed E-state index contributed by atoms with van der Waals surface area (Å²) in [6, 6.07) is 12.7. The Hall–Kier alpha value is -3.39. The lowest BCUT2D eigenvalue weighted by Gasteiger charge is -2.15. The van der Waals surface area contributed by atoms with Crippen LogP contribution in [0.2, 0.25) is 0 Å². The first kappa shape index (κ1) is 18.9. The van der Waals surface area contributed by atoms with Crippen LogP contribution in [0.3, 0.4) is 0 Å². The number of carboxylic acids is 1. The van der Waals surface area contributed by atoms with Gasteiger partial charge >= 0.3 is 5.97 Å². The van der Waals surface area contributed by atoms with Gasteiger partial charge in [0, 0.05) is 0 Å². The molecular formula is C21H18N2O5S. The summed E-state index contributed by atoms with van der Waals surface area (Å²) in [5.74, 6) is -0.296. The molecule has 0 fully saturated rings. The van der Waals surface area contributed by atoms with E-state index in [4.69, 9.17) is 14.6 Å². The molecule has 0 bridgehead atoms. The Morgan fingerprint density at radius 1 is 1.28 bits per heavy atom. The fourth-order valence-corrected chi connectivity index (χ4v) is 3.97. The van der Waals surface area contributed by atoms with Crippen molar-refractivity contribution in [3.05, 3.63) is 62.9 Å². The molecule has 1 N–H and O–H groups in total. The molecule has 1 atom stereocenters. The van der Waals surface area contributed by atoms with E-state index in [0.29, 0.717) is 27.6 Å². The van der Waals surface area contributed by atoms with Crippen molar-refractivity contribution in [3.63, 3.8) is 0 Å². The molecule has 4 aromatic rings. The molecule has 0 radical (unpaired) electrons. The van der Waals surface area contributed by atoms with Crippen LogP contribution >= 0.6 is 11.3 Å². The largest absolute Gasteiger partial charge is 0.490 e. The summed E-state index contributed by atoms with van der Waals surface area (Å²) in [6.45, 7) is 3.68. The topological polar surface area (TPSA) is 90.1 Å². The number of thiazole rings is 1. The molecule has 7 nitrogen and oxygen atoms in total. The van der Waals surface area contributed by atoms with E-state index >= 15 is 0 Å². The van der Waals surface area contributed by atoms with E-state index in [9.17, 15) is 9.59 Å². The number of ether oxygens (including phenoxy) is 2. The molecule has 0 aliphatic carbocycles. The molecule has 0 spiro atoms. The monoisotopic (exact) mass is 410 g/mol. The molecule has 148 valence electrons. The van der Waals surface area contributed by atoms with Crippen molar-refractivity contribution in [1.82, 2.24) is 9.38 Å². The Labute approximate surface area is 169 Å². The van der Waals surface area contributed by atoms with Crippen LogP contribution in [0.25, 0.3) is 22.1 Å². The minimum Gasteiger partial charge on any atom is -0.490 e. The first-order chi connectivity index (χ1) is 14.0. The lowest BCUT2D eigenvalue weighted by Crippen LogP contribution is -2.23. The van der Waals surface area contributed by atoms with E-state index in [2.05, 4.69) is 4.98 Å². The second-order valence-corrected chi connectivity index (χ2v) is 7.38. The second kappa shape index (κ2) is 7.56. The molecule has 0 aliphatic heterocycles. The smallest absolute Gasteiger partial charge is 0.344 e. The van der Waals surface area contributed by atoms with Crippen LogP contribution in [0.1, 0.15) is 19.4 Å². The zero-order valence-corrected chi connectivity index (χ0v) is 16.6. The van der Waals surface area contributed by atoms with Gasteiger partial charge in [0.2, 0.25) is 0 Å². The molecule has 0 saturated carbocycles. The Morgan fingerprint density at radius 2 is 2.07 bits per heavy atom. The highest BCUT2D eigenvalue weighted by Gasteiger charge is 2.16. The summed E-state index contributed by atoms with van der Waals surface area (Å²) < 4.78 is 13.2. The van der Waals surface area contributed by atoms with Crippen LogP contribution in [0, 0.1) is 0 Å². The lowest BCUT2D eigenvalue weighted by molar-refractivity contribution is -0.144. The van der Waals surface area contributed by atoms with Gasteiger partial charge in [0.25, 0.3) is 5.56 Å². The molecule has 0 saturated heterocycles. The van der Waals surface area contributed by atoms with Crippen molar-refractivity contribution in [3.8, 4) is 11.5 Å². The molecule has 8 heteroatoms. The van der Waals surface area contributed by atoms with Crippen molar-refractivity contribution in [2.24, 2.45) is 0 Å². The van der Waals surface area contributed by atoms with Crippen molar-refractivity contribution in [2.45, 2.75) is 20.0 Å². The average molecular weight is 410 g/mol. The maximum Gasteiger partial charge on any atom is 0.344 e. The molecule has 2 aromatic heterocycles. The maximum atomic E-state index is 12.9. The second-order valence-electron chi connectivity index (χ2n) is 6.37. The zero-order valence-electron chi connectivity index (χ0n) is 15.8. The van der Waals surface area contributed by atoms with Crippen molar-refractivity contribution < 1.29 is 19.4 Å². The predicted molar refractivity (Wildman–Crippen MR) is 111 cm³/mol. The number of aliphatic carboxylic acids is 1. The van der Waals surface area contributed by atoms with Gasteiger partial charge in [-0.2, -0.15) is 0 Å². The number of fused-ring (bicyclic) bond motifs is 3. The van der Waals surface area contributed by atoms with Crippen molar-refractivity contribution in [1.29, 1.82) is 0 Å². The number of hydrogen-bond acceptors (Lipinski definition) is 6. The number of nitrogens with zero attached hydrogens (tertiary/aromatic N) is 2. The van der Waals surface area contributed by atoms with Crippen LogP contribution < -0.4 is 19.6 Å². The first-order valence-electron chi connectivity index (χ1n) is 9.06. The Bertz CT molecular complexity index is 1320.